The second-order valence-corrected chi connectivity index (χ2v) is 5.13. The fraction of sp³-hybridized carbons (Fsp3) is 0.462. The Balaban J connectivity index is 1.93. The van der Waals surface area contributed by atoms with Gasteiger partial charge in [-0.3, -0.25) is 4.79 Å². The average molecular weight is 312 g/mol. The predicted molar refractivity (Wildman–Crippen MR) is 69.3 cm³/mol. The molecule has 0 radical (unpaired) electrons. The molecule has 5 heteroatoms. The SMILES string of the molecule is O=C(CBr)N1C(c2ccccc2)COC12COC2. The van der Waals surface area contributed by atoms with Crippen LogP contribution in [0.2, 0.25) is 0 Å². The molecular weight excluding hydrogens is 298 g/mol. The second-order valence-electron chi connectivity index (χ2n) is 4.57. The van der Waals surface area contributed by atoms with Crippen molar-refractivity contribution in [3.8, 4) is 0 Å². The van der Waals surface area contributed by atoms with Crippen LogP contribution in [-0.4, -0.2) is 41.7 Å². The molecule has 1 amide bonds. The van der Waals surface area contributed by atoms with Gasteiger partial charge in [0.1, 0.15) is 0 Å². The largest absolute Gasteiger partial charge is 0.371 e. The molecule has 0 aromatic heterocycles. The van der Waals surface area contributed by atoms with E-state index in [0.29, 0.717) is 25.2 Å². The van der Waals surface area contributed by atoms with Gasteiger partial charge >= 0.3 is 0 Å². The van der Waals surface area contributed by atoms with Crippen LogP contribution in [-0.2, 0) is 14.3 Å². The number of benzene rings is 1. The lowest BCUT2D eigenvalue weighted by molar-refractivity contribution is -0.240. The lowest BCUT2D eigenvalue weighted by Gasteiger charge is -2.44. The number of nitrogens with zero attached hydrogens (tertiary/aromatic N) is 1. The van der Waals surface area contributed by atoms with E-state index in [1.807, 2.05) is 35.2 Å². The number of halogens is 1. The summed E-state index contributed by atoms with van der Waals surface area (Å²) >= 11 is 3.24. The van der Waals surface area contributed by atoms with Crippen molar-refractivity contribution >= 4 is 21.8 Å². The number of hydrogen-bond donors (Lipinski definition) is 0. The van der Waals surface area contributed by atoms with E-state index in [9.17, 15) is 4.79 Å². The van der Waals surface area contributed by atoms with Crippen LogP contribution in [0.1, 0.15) is 11.6 Å². The van der Waals surface area contributed by atoms with Crippen molar-refractivity contribution in [2.24, 2.45) is 0 Å². The number of rotatable bonds is 2. The normalized spacial score (nSPS) is 25.2. The van der Waals surface area contributed by atoms with E-state index in [-0.39, 0.29) is 11.9 Å². The number of carbonyl (C=O) groups excluding carboxylic acids is 1. The molecule has 2 heterocycles. The molecule has 2 aliphatic heterocycles. The van der Waals surface area contributed by atoms with Crippen molar-refractivity contribution in [1.82, 2.24) is 4.90 Å². The molecule has 2 aliphatic rings. The number of hydrogen-bond acceptors (Lipinski definition) is 3. The highest BCUT2D eigenvalue weighted by Gasteiger charge is 2.55. The van der Waals surface area contributed by atoms with Crippen LogP contribution in [0.4, 0.5) is 0 Å². The topological polar surface area (TPSA) is 38.8 Å². The smallest absolute Gasteiger partial charge is 0.236 e. The minimum Gasteiger partial charge on any atom is -0.371 e. The Kier molecular flexibility index (Phi) is 3.13. The zero-order chi connectivity index (χ0) is 12.6. The van der Waals surface area contributed by atoms with Gasteiger partial charge in [-0.25, -0.2) is 0 Å². The Morgan fingerprint density at radius 2 is 2.11 bits per heavy atom. The van der Waals surface area contributed by atoms with Crippen LogP contribution in [0.25, 0.3) is 0 Å². The van der Waals surface area contributed by atoms with Gasteiger partial charge in [-0.15, -0.1) is 0 Å². The highest BCUT2D eigenvalue weighted by Crippen LogP contribution is 2.41. The van der Waals surface area contributed by atoms with Crippen molar-refractivity contribution in [2.45, 2.75) is 11.8 Å². The second kappa shape index (κ2) is 4.64. The first-order chi connectivity index (χ1) is 8.77. The van der Waals surface area contributed by atoms with Gasteiger partial charge in [0.15, 0.2) is 5.72 Å². The van der Waals surface area contributed by atoms with Crippen molar-refractivity contribution in [1.29, 1.82) is 0 Å². The maximum Gasteiger partial charge on any atom is 0.236 e. The van der Waals surface area contributed by atoms with Gasteiger partial charge in [-0.1, -0.05) is 46.3 Å². The summed E-state index contributed by atoms with van der Waals surface area (Å²) in [6.07, 6.45) is 0. The standard InChI is InChI=1S/C13H14BrNO3/c14-6-12(16)15-11(10-4-2-1-3-5-10)7-18-13(15)8-17-9-13/h1-5,11H,6-9H2. The molecule has 4 nitrogen and oxygen atoms in total. The first-order valence-corrected chi connectivity index (χ1v) is 7.04. The summed E-state index contributed by atoms with van der Waals surface area (Å²) in [7, 11) is 0. The molecule has 3 rings (SSSR count). The summed E-state index contributed by atoms with van der Waals surface area (Å²) < 4.78 is 11.1. The molecule has 1 unspecified atom stereocenters. The van der Waals surface area contributed by atoms with Gasteiger partial charge in [0.05, 0.1) is 31.2 Å². The zero-order valence-electron chi connectivity index (χ0n) is 9.84. The fourth-order valence-corrected chi connectivity index (χ4v) is 2.82. The highest BCUT2D eigenvalue weighted by molar-refractivity contribution is 9.09. The quantitative estimate of drug-likeness (QED) is 0.781. The molecule has 1 aromatic rings. The van der Waals surface area contributed by atoms with E-state index in [1.165, 1.54) is 0 Å². The van der Waals surface area contributed by atoms with Gasteiger partial charge in [0.25, 0.3) is 0 Å². The first-order valence-electron chi connectivity index (χ1n) is 5.92. The number of amides is 1. The molecule has 96 valence electrons. The van der Waals surface area contributed by atoms with Crippen LogP contribution in [0, 0.1) is 0 Å². The Labute approximate surface area is 114 Å². The summed E-state index contributed by atoms with van der Waals surface area (Å²) in [6, 6.07) is 9.98. The van der Waals surface area contributed by atoms with Crippen LogP contribution in [0.3, 0.4) is 0 Å². The molecule has 0 saturated carbocycles. The highest BCUT2D eigenvalue weighted by atomic mass is 79.9. The summed E-state index contributed by atoms with van der Waals surface area (Å²) in [5, 5.41) is 0.307. The monoisotopic (exact) mass is 311 g/mol. The van der Waals surface area contributed by atoms with E-state index in [1.54, 1.807) is 0 Å². The van der Waals surface area contributed by atoms with E-state index in [4.69, 9.17) is 9.47 Å². The summed E-state index contributed by atoms with van der Waals surface area (Å²) in [6.45, 7) is 1.47. The maximum atomic E-state index is 12.1. The van der Waals surface area contributed by atoms with Gasteiger partial charge in [-0.05, 0) is 5.56 Å². The zero-order valence-corrected chi connectivity index (χ0v) is 11.4. The molecule has 1 spiro atoms. The summed E-state index contributed by atoms with van der Waals surface area (Å²) in [5.74, 6) is 0.0460. The number of alkyl halides is 1. The molecule has 0 N–H and O–H groups in total. The molecular formula is C13H14BrNO3. The van der Waals surface area contributed by atoms with E-state index in [2.05, 4.69) is 15.9 Å². The predicted octanol–water partition coefficient (Wildman–Crippen LogP) is 1.71. The third kappa shape index (κ3) is 1.77. The van der Waals surface area contributed by atoms with Gasteiger partial charge in [0, 0.05) is 0 Å². The van der Waals surface area contributed by atoms with E-state index in [0.717, 1.165) is 5.56 Å². The molecule has 2 fully saturated rings. The lowest BCUT2D eigenvalue weighted by Crippen LogP contribution is -2.62. The molecule has 18 heavy (non-hydrogen) atoms. The average Bonchev–Trinajstić information content (AvgIpc) is 2.79. The first kappa shape index (κ1) is 12.1. The van der Waals surface area contributed by atoms with E-state index < -0.39 is 5.72 Å². The van der Waals surface area contributed by atoms with Crippen LogP contribution in [0.15, 0.2) is 30.3 Å². The minimum absolute atomic E-state index is 0.0138. The fourth-order valence-electron chi connectivity index (χ4n) is 2.55. The van der Waals surface area contributed by atoms with E-state index >= 15 is 0 Å². The Morgan fingerprint density at radius 3 is 2.67 bits per heavy atom. The summed E-state index contributed by atoms with van der Waals surface area (Å²) in [5.41, 5.74) is 0.571. The molecule has 0 bridgehead atoms. The van der Waals surface area contributed by atoms with Gasteiger partial charge < -0.3 is 14.4 Å². The third-order valence-corrected chi connectivity index (χ3v) is 3.96. The number of ether oxygens (including phenoxy) is 2. The Morgan fingerprint density at radius 1 is 1.39 bits per heavy atom. The Hall–Kier alpha value is -0.910. The van der Waals surface area contributed by atoms with Crippen molar-refractivity contribution in [3.05, 3.63) is 35.9 Å². The van der Waals surface area contributed by atoms with Gasteiger partial charge in [-0.2, -0.15) is 0 Å². The Bertz CT molecular complexity index is 447. The van der Waals surface area contributed by atoms with Crippen molar-refractivity contribution in [2.75, 3.05) is 25.2 Å². The maximum absolute atomic E-state index is 12.1. The van der Waals surface area contributed by atoms with Crippen LogP contribution < -0.4 is 0 Å². The lowest BCUT2D eigenvalue weighted by atomic mass is 10.0. The molecule has 1 aromatic carbocycles. The minimum atomic E-state index is -0.536. The third-order valence-electron chi connectivity index (χ3n) is 3.48. The molecule has 1 atom stereocenters. The summed E-state index contributed by atoms with van der Waals surface area (Å²) in [4.78, 5) is 14.0. The van der Waals surface area contributed by atoms with Crippen LogP contribution in [0.5, 0.6) is 0 Å². The van der Waals surface area contributed by atoms with Crippen molar-refractivity contribution < 1.29 is 14.3 Å². The molecule has 2 saturated heterocycles. The van der Waals surface area contributed by atoms with Gasteiger partial charge in [0.2, 0.25) is 5.91 Å². The van der Waals surface area contributed by atoms with Crippen LogP contribution >= 0.6 is 15.9 Å². The molecule has 0 aliphatic carbocycles. The number of carbonyl (C=O) groups is 1. The van der Waals surface area contributed by atoms with Crippen molar-refractivity contribution in [3.63, 3.8) is 0 Å².